The number of nitrogens with two attached hydrogens (primary N) is 1. The quantitative estimate of drug-likeness (QED) is 0.727. The fraction of sp³-hybridized carbons (Fsp3) is 0.818. The standard InChI is InChI=1S/C11H20N2O3/c1-10(2,11(3,4)12)9(16)13-5-7(6-13)8(14)15/h7H,5-6,12H2,1-4H3,(H,14,15). The number of carbonyl (C=O) groups is 2. The molecule has 3 N–H and O–H groups in total. The lowest BCUT2D eigenvalue weighted by Crippen LogP contribution is -2.62. The first kappa shape index (κ1) is 13.0. The van der Waals surface area contributed by atoms with Crippen LogP contribution in [0.3, 0.4) is 0 Å². The van der Waals surface area contributed by atoms with Crippen molar-refractivity contribution in [2.45, 2.75) is 33.2 Å². The van der Waals surface area contributed by atoms with Crippen molar-refractivity contribution in [3.05, 3.63) is 0 Å². The second kappa shape index (κ2) is 3.73. The Bertz CT molecular complexity index is 312. The molecule has 1 heterocycles. The van der Waals surface area contributed by atoms with Gasteiger partial charge in [-0.25, -0.2) is 0 Å². The van der Waals surface area contributed by atoms with Crippen molar-refractivity contribution in [3.8, 4) is 0 Å². The molecular weight excluding hydrogens is 208 g/mol. The monoisotopic (exact) mass is 228 g/mol. The summed E-state index contributed by atoms with van der Waals surface area (Å²) in [6.45, 7) is 7.80. The molecule has 1 saturated heterocycles. The fourth-order valence-corrected chi connectivity index (χ4v) is 1.47. The molecule has 1 amide bonds. The molecule has 92 valence electrons. The largest absolute Gasteiger partial charge is 0.481 e. The molecule has 0 aromatic rings. The minimum atomic E-state index is -0.839. The van der Waals surface area contributed by atoms with Gasteiger partial charge in [0.15, 0.2) is 0 Å². The van der Waals surface area contributed by atoms with E-state index in [1.54, 1.807) is 32.6 Å². The number of hydrogen-bond acceptors (Lipinski definition) is 3. The van der Waals surface area contributed by atoms with Gasteiger partial charge >= 0.3 is 5.97 Å². The molecule has 0 radical (unpaired) electrons. The first-order chi connectivity index (χ1) is 7.07. The molecule has 0 aromatic carbocycles. The van der Waals surface area contributed by atoms with Crippen molar-refractivity contribution in [2.24, 2.45) is 17.1 Å². The summed E-state index contributed by atoms with van der Waals surface area (Å²) in [7, 11) is 0. The summed E-state index contributed by atoms with van der Waals surface area (Å²) < 4.78 is 0. The highest BCUT2D eigenvalue weighted by Gasteiger charge is 2.47. The average Bonchev–Trinajstić information content (AvgIpc) is 1.97. The SMILES string of the molecule is CC(C)(N)C(C)(C)C(=O)N1CC(C(=O)O)C1. The van der Waals surface area contributed by atoms with E-state index in [4.69, 9.17) is 10.8 Å². The van der Waals surface area contributed by atoms with Gasteiger partial charge in [-0.15, -0.1) is 0 Å². The highest BCUT2D eigenvalue weighted by molar-refractivity contribution is 5.86. The third kappa shape index (κ3) is 2.04. The van der Waals surface area contributed by atoms with Crippen molar-refractivity contribution in [3.63, 3.8) is 0 Å². The minimum Gasteiger partial charge on any atom is -0.481 e. The summed E-state index contributed by atoms with van der Waals surface area (Å²) in [5, 5.41) is 8.73. The van der Waals surface area contributed by atoms with Crippen LogP contribution in [0.15, 0.2) is 0 Å². The van der Waals surface area contributed by atoms with Gasteiger partial charge in [-0.3, -0.25) is 9.59 Å². The van der Waals surface area contributed by atoms with Crippen molar-refractivity contribution in [2.75, 3.05) is 13.1 Å². The van der Waals surface area contributed by atoms with Gasteiger partial charge in [-0.1, -0.05) is 0 Å². The van der Waals surface area contributed by atoms with Crippen LogP contribution in [0, 0.1) is 11.3 Å². The van der Waals surface area contributed by atoms with E-state index in [1.807, 2.05) is 0 Å². The van der Waals surface area contributed by atoms with Crippen molar-refractivity contribution < 1.29 is 14.7 Å². The number of carboxylic acid groups (broad SMARTS) is 1. The summed E-state index contributed by atoms with van der Waals surface area (Å²) in [5.41, 5.74) is 4.65. The predicted molar refractivity (Wildman–Crippen MR) is 59.8 cm³/mol. The Balaban J connectivity index is 2.65. The topological polar surface area (TPSA) is 83.6 Å². The van der Waals surface area contributed by atoms with E-state index < -0.39 is 22.8 Å². The summed E-state index contributed by atoms with van der Waals surface area (Å²) >= 11 is 0. The minimum absolute atomic E-state index is 0.0718. The molecule has 0 atom stereocenters. The maximum Gasteiger partial charge on any atom is 0.310 e. The molecule has 0 bridgehead atoms. The molecule has 5 heteroatoms. The number of nitrogens with zero attached hydrogens (tertiary/aromatic N) is 1. The molecule has 0 saturated carbocycles. The Hall–Kier alpha value is -1.10. The summed E-state index contributed by atoms with van der Waals surface area (Å²) in [6, 6.07) is 0. The summed E-state index contributed by atoms with van der Waals surface area (Å²) in [6.07, 6.45) is 0. The molecule has 0 aliphatic carbocycles. The van der Waals surface area contributed by atoms with Crippen LogP contribution in [0.25, 0.3) is 0 Å². The number of aliphatic carboxylic acids is 1. The third-order valence-corrected chi connectivity index (χ3v) is 3.66. The van der Waals surface area contributed by atoms with Crippen LogP contribution >= 0.6 is 0 Å². The molecule has 0 spiro atoms. The number of rotatable bonds is 3. The molecule has 1 aliphatic heterocycles. The lowest BCUT2D eigenvalue weighted by atomic mass is 9.73. The number of amides is 1. The lowest BCUT2D eigenvalue weighted by molar-refractivity contribution is -0.158. The van der Waals surface area contributed by atoms with Gasteiger partial charge in [0.25, 0.3) is 0 Å². The van der Waals surface area contributed by atoms with Gasteiger partial charge in [0.2, 0.25) is 5.91 Å². The van der Waals surface area contributed by atoms with Gasteiger partial charge in [0.05, 0.1) is 11.3 Å². The van der Waals surface area contributed by atoms with Gasteiger partial charge in [-0.2, -0.15) is 0 Å². The van der Waals surface area contributed by atoms with E-state index >= 15 is 0 Å². The van der Waals surface area contributed by atoms with E-state index in [9.17, 15) is 9.59 Å². The predicted octanol–water partition coefficient (Wildman–Crippen LogP) is 0.293. The van der Waals surface area contributed by atoms with E-state index in [1.165, 1.54) is 0 Å². The highest BCUT2D eigenvalue weighted by Crippen LogP contribution is 2.33. The number of likely N-dealkylation sites (tertiary alicyclic amines) is 1. The van der Waals surface area contributed by atoms with Gasteiger partial charge in [-0.05, 0) is 27.7 Å². The van der Waals surface area contributed by atoms with Gasteiger partial charge < -0.3 is 15.7 Å². The van der Waals surface area contributed by atoms with E-state index in [-0.39, 0.29) is 5.91 Å². The highest BCUT2D eigenvalue weighted by atomic mass is 16.4. The Labute approximate surface area is 95.6 Å². The van der Waals surface area contributed by atoms with Crippen LogP contribution in [-0.4, -0.2) is 40.5 Å². The first-order valence-corrected chi connectivity index (χ1v) is 5.38. The number of carboxylic acids is 1. The van der Waals surface area contributed by atoms with Crippen LogP contribution in [-0.2, 0) is 9.59 Å². The second-order valence-electron chi connectivity index (χ2n) is 5.59. The van der Waals surface area contributed by atoms with Crippen LogP contribution in [0.1, 0.15) is 27.7 Å². The van der Waals surface area contributed by atoms with Crippen molar-refractivity contribution >= 4 is 11.9 Å². The van der Waals surface area contributed by atoms with E-state index in [0.717, 1.165) is 0 Å². The zero-order valence-corrected chi connectivity index (χ0v) is 10.3. The molecule has 1 aliphatic rings. The fourth-order valence-electron chi connectivity index (χ4n) is 1.47. The molecule has 5 nitrogen and oxygen atoms in total. The zero-order chi connectivity index (χ0) is 12.7. The normalized spacial score (nSPS) is 18.2. The number of hydrogen-bond donors (Lipinski definition) is 2. The van der Waals surface area contributed by atoms with Gasteiger partial charge in [0.1, 0.15) is 0 Å². The first-order valence-electron chi connectivity index (χ1n) is 5.38. The summed E-state index contributed by atoms with van der Waals surface area (Å²) in [5.74, 6) is -1.33. The van der Waals surface area contributed by atoms with Crippen LogP contribution in [0.4, 0.5) is 0 Å². The van der Waals surface area contributed by atoms with Gasteiger partial charge in [0, 0.05) is 18.6 Å². The second-order valence-corrected chi connectivity index (χ2v) is 5.59. The van der Waals surface area contributed by atoms with Crippen molar-refractivity contribution in [1.29, 1.82) is 0 Å². The molecule has 1 rings (SSSR count). The third-order valence-electron chi connectivity index (χ3n) is 3.66. The Morgan fingerprint density at radius 2 is 1.69 bits per heavy atom. The zero-order valence-electron chi connectivity index (χ0n) is 10.3. The Kier molecular flexibility index (Phi) is 3.02. The van der Waals surface area contributed by atoms with Crippen LogP contribution in [0.5, 0.6) is 0 Å². The average molecular weight is 228 g/mol. The van der Waals surface area contributed by atoms with Crippen LogP contribution in [0.2, 0.25) is 0 Å². The molecular formula is C11H20N2O3. The molecule has 16 heavy (non-hydrogen) atoms. The summed E-state index contributed by atoms with van der Waals surface area (Å²) in [4.78, 5) is 24.3. The van der Waals surface area contributed by atoms with E-state index in [0.29, 0.717) is 13.1 Å². The van der Waals surface area contributed by atoms with Crippen LogP contribution < -0.4 is 5.73 Å². The Morgan fingerprint density at radius 1 is 1.25 bits per heavy atom. The lowest BCUT2D eigenvalue weighted by Gasteiger charge is -2.45. The maximum absolute atomic E-state index is 12.1. The maximum atomic E-state index is 12.1. The molecule has 1 fully saturated rings. The number of carbonyl (C=O) groups excluding carboxylic acids is 1. The molecule has 0 unspecified atom stereocenters. The smallest absolute Gasteiger partial charge is 0.310 e. The van der Waals surface area contributed by atoms with E-state index in [2.05, 4.69) is 0 Å². The molecule has 0 aromatic heterocycles. The van der Waals surface area contributed by atoms with Crippen molar-refractivity contribution in [1.82, 2.24) is 4.90 Å². The Morgan fingerprint density at radius 3 is 2.00 bits per heavy atom.